The number of aromatic nitrogens is 4. The number of sulfonamides is 1. The van der Waals surface area contributed by atoms with Gasteiger partial charge in [0.2, 0.25) is 15.9 Å². The van der Waals surface area contributed by atoms with Crippen LogP contribution < -0.4 is 9.64 Å². The van der Waals surface area contributed by atoms with Crippen molar-refractivity contribution in [3.63, 3.8) is 0 Å². The first-order valence-corrected chi connectivity index (χ1v) is 17.0. The van der Waals surface area contributed by atoms with Crippen LogP contribution in [0.15, 0.2) is 47.6 Å². The molecule has 6 rings (SSSR count). The van der Waals surface area contributed by atoms with Gasteiger partial charge in [0.05, 0.1) is 25.1 Å². The molecule has 1 aliphatic heterocycles. The lowest BCUT2D eigenvalue weighted by molar-refractivity contribution is -0.134. The van der Waals surface area contributed by atoms with Crippen molar-refractivity contribution in [3.05, 3.63) is 53.3 Å². The van der Waals surface area contributed by atoms with E-state index in [0.717, 1.165) is 0 Å². The molecule has 0 atom stereocenters. The molecule has 4 aromatic rings. The third kappa shape index (κ3) is 5.78. The lowest BCUT2D eigenvalue weighted by Gasteiger charge is -2.37. The molecule has 1 aromatic carbocycles. The number of rotatable bonds is 10. The number of methoxy groups -OCH3 is 1. The highest BCUT2D eigenvalue weighted by molar-refractivity contribution is 7.89. The Morgan fingerprint density at radius 3 is 2.41 bits per heavy atom. The summed E-state index contributed by atoms with van der Waals surface area (Å²) in [5.74, 6) is 0.498. The van der Waals surface area contributed by atoms with Crippen LogP contribution in [0.3, 0.4) is 0 Å². The number of hydrogen-bond acceptors (Lipinski definition) is 10. The number of ether oxygens (including phenoxy) is 1. The summed E-state index contributed by atoms with van der Waals surface area (Å²) in [5, 5.41) is 17.4. The fourth-order valence-corrected chi connectivity index (χ4v) is 8.02. The molecule has 0 spiro atoms. The second-order valence-electron chi connectivity index (χ2n) is 11.6. The molecule has 12 nitrogen and oxygen atoms in total. The summed E-state index contributed by atoms with van der Waals surface area (Å²) in [6.45, 7) is 5.35. The normalized spacial score (nSPS) is 16.4. The first kappa shape index (κ1) is 31.8. The lowest BCUT2D eigenvalue weighted by atomic mass is 10.1. The minimum Gasteiger partial charge on any atom is -0.497 e. The Morgan fingerprint density at radius 2 is 1.85 bits per heavy atom. The van der Waals surface area contributed by atoms with Gasteiger partial charge < -0.3 is 14.5 Å². The molecule has 2 aliphatic rings. The van der Waals surface area contributed by atoms with Crippen molar-refractivity contribution in [2.75, 3.05) is 38.2 Å². The van der Waals surface area contributed by atoms with E-state index in [4.69, 9.17) is 4.74 Å². The number of amides is 1. The SMILES string of the molecule is COc1ccc(CN(C2(C#N)CC2)S(=O)(=O)c2cc(N3CCN(C(=O)C(C)C)CC3)c3ncc(-c4nnc(C(F)F)s4)n3c2)cc1. The highest BCUT2D eigenvalue weighted by Crippen LogP contribution is 2.45. The minimum absolute atomic E-state index is 0.0377. The van der Waals surface area contributed by atoms with Crippen molar-refractivity contribution < 1.29 is 26.7 Å². The molecule has 0 bridgehead atoms. The number of fused-ring (bicyclic) bond motifs is 1. The number of carbonyl (C=O) groups is 1. The maximum atomic E-state index is 14.6. The van der Waals surface area contributed by atoms with Gasteiger partial charge in [0.1, 0.15) is 21.9 Å². The second kappa shape index (κ2) is 12.2. The van der Waals surface area contributed by atoms with E-state index >= 15 is 0 Å². The zero-order chi connectivity index (χ0) is 32.8. The van der Waals surface area contributed by atoms with Gasteiger partial charge in [0, 0.05) is 44.8 Å². The third-order valence-corrected chi connectivity index (χ3v) is 11.1. The maximum absolute atomic E-state index is 14.6. The molecule has 3 aromatic heterocycles. The molecule has 0 unspecified atom stereocenters. The van der Waals surface area contributed by atoms with Crippen molar-refractivity contribution in [2.45, 2.75) is 50.1 Å². The van der Waals surface area contributed by atoms with Crippen LogP contribution in [0.1, 0.15) is 43.7 Å². The topological polar surface area (TPSA) is 137 Å². The van der Waals surface area contributed by atoms with Crippen LogP contribution in [0, 0.1) is 17.2 Å². The first-order chi connectivity index (χ1) is 22.0. The Balaban J connectivity index is 1.46. The Bertz CT molecular complexity index is 1910. The molecule has 1 amide bonds. The van der Waals surface area contributed by atoms with E-state index in [1.54, 1.807) is 35.2 Å². The van der Waals surface area contributed by atoms with E-state index in [2.05, 4.69) is 21.3 Å². The molecule has 0 N–H and O–H groups in total. The number of halogens is 2. The average molecular weight is 671 g/mol. The fraction of sp³-hybridized carbons (Fsp3) is 0.433. The number of imidazole rings is 1. The fourth-order valence-electron chi connectivity index (χ4n) is 5.56. The van der Waals surface area contributed by atoms with Gasteiger partial charge in [0.15, 0.2) is 15.7 Å². The monoisotopic (exact) mass is 670 g/mol. The summed E-state index contributed by atoms with van der Waals surface area (Å²) >= 11 is 0.699. The highest BCUT2D eigenvalue weighted by atomic mass is 32.2. The number of piperazine rings is 1. The van der Waals surface area contributed by atoms with E-state index in [0.29, 0.717) is 78.7 Å². The Morgan fingerprint density at radius 1 is 1.15 bits per heavy atom. The van der Waals surface area contributed by atoms with Crippen molar-refractivity contribution in [2.24, 2.45) is 5.92 Å². The summed E-state index contributed by atoms with van der Waals surface area (Å²) in [5.41, 5.74) is 0.660. The van der Waals surface area contributed by atoms with Gasteiger partial charge in [-0.3, -0.25) is 9.20 Å². The molecule has 0 radical (unpaired) electrons. The molecule has 1 aliphatic carbocycles. The summed E-state index contributed by atoms with van der Waals surface area (Å²) in [6.07, 6.45) is 0.812. The van der Waals surface area contributed by atoms with Gasteiger partial charge in [-0.2, -0.15) is 9.57 Å². The molecule has 242 valence electrons. The molecule has 16 heteroatoms. The van der Waals surface area contributed by atoms with E-state index in [1.165, 1.54) is 28.2 Å². The Labute approximate surface area is 268 Å². The van der Waals surface area contributed by atoms with Crippen molar-refractivity contribution in [1.29, 1.82) is 5.26 Å². The van der Waals surface area contributed by atoms with E-state index < -0.39 is 27.0 Å². The highest BCUT2D eigenvalue weighted by Gasteiger charge is 2.54. The number of nitriles is 1. The number of hydrogen-bond donors (Lipinski definition) is 0. The molecule has 2 fully saturated rings. The zero-order valence-electron chi connectivity index (χ0n) is 25.4. The molecular formula is C30H32F2N8O4S2. The van der Waals surface area contributed by atoms with Crippen LogP contribution in [-0.4, -0.2) is 81.9 Å². The van der Waals surface area contributed by atoms with Crippen molar-refractivity contribution >= 4 is 38.6 Å². The van der Waals surface area contributed by atoms with Gasteiger partial charge in [0.25, 0.3) is 6.43 Å². The van der Waals surface area contributed by atoms with Crippen LogP contribution in [0.4, 0.5) is 14.5 Å². The number of anilines is 1. The zero-order valence-corrected chi connectivity index (χ0v) is 27.1. The van der Waals surface area contributed by atoms with Crippen LogP contribution in [0.25, 0.3) is 16.3 Å². The predicted octanol–water partition coefficient (Wildman–Crippen LogP) is 4.35. The summed E-state index contributed by atoms with van der Waals surface area (Å²) in [4.78, 5) is 20.9. The number of carbonyl (C=O) groups excluding carboxylic acids is 1. The van der Waals surface area contributed by atoms with E-state index in [9.17, 15) is 27.3 Å². The van der Waals surface area contributed by atoms with Gasteiger partial charge in [-0.15, -0.1) is 10.2 Å². The maximum Gasteiger partial charge on any atom is 0.291 e. The molecule has 1 saturated carbocycles. The number of alkyl halides is 2. The van der Waals surface area contributed by atoms with Gasteiger partial charge >= 0.3 is 0 Å². The lowest BCUT2D eigenvalue weighted by Crippen LogP contribution is -2.50. The quantitative estimate of drug-likeness (QED) is 0.241. The number of nitrogens with zero attached hydrogens (tertiary/aromatic N) is 8. The molecule has 4 heterocycles. The summed E-state index contributed by atoms with van der Waals surface area (Å²) < 4.78 is 64.0. The van der Waals surface area contributed by atoms with Crippen LogP contribution in [0.5, 0.6) is 5.75 Å². The van der Waals surface area contributed by atoms with Crippen LogP contribution in [-0.2, 0) is 21.4 Å². The molecular weight excluding hydrogens is 639 g/mol. The second-order valence-corrected chi connectivity index (χ2v) is 14.5. The summed E-state index contributed by atoms with van der Waals surface area (Å²) in [7, 11) is -2.77. The smallest absolute Gasteiger partial charge is 0.291 e. The van der Waals surface area contributed by atoms with Crippen LogP contribution in [0.2, 0.25) is 0 Å². The first-order valence-electron chi connectivity index (χ1n) is 14.7. The summed E-state index contributed by atoms with van der Waals surface area (Å²) in [6, 6.07) is 10.7. The van der Waals surface area contributed by atoms with Crippen molar-refractivity contribution in [1.82, 2.24) is 28.8 Å². The molecule has 1 saturated heterocycles. The van der Waals surface area contributed by atoms with Gasteiger partial charge in [-0.05, 0) is 36.6 Å². The van der Waals surface area contributed by atoms with Gasteiger partial charge in [-0.25, -0.2) is 22.2 Å². The average Bonchev–Trinajstić information content (AvgIpc) is 3.46. The number of benzene rings is 1. The largest absolute Gasteiger partial charge is 0.497 e. The van der Waals surface area contributed by atoms with E-state index in [-0.39, 0.29) is 28.3 Å². The van der Waals surface area contributed by atoms with Crippen molar-refractivity contribution in [3.8, 4) is 22.5 Å². The Kier molecular flexibility index (Phi) is 8.42. The number of pyridine rings is 1. The van der Waals surface area contributed by atoms with Crippen LogP contribution >= 0.6 is 11.3 Å². The third-order valence-electron chi connectivity index (χ3n) is 8.32. The Hall–Kier alpha value is -4.20. The minimum atomic E-state index is -4.31. The molecule has 46 heavy (non-hydrogen) atoms. The van der Waals surface area contributed by atoms with Gasteiger partial charge in [-0.1, -0.05) is 37.3 Å². The van der Waals surface area contributed by atoms with E-state index in [1.807, 2.05) is 18.7 Å². The standard InChI is InChI=1S/C30H32F2N8O4S2/c1-19(2)29(41)38-12-10-37(11-13-38)23-14-22(17-39-24(15-34-26(23)39)27-35-36-28(45-27)25(31)32)46(42,43)40(30(18-33)8-9-30)16-20-4-6-21(44-3)7-5-20/h4-7,14-15,17,19,25H,8-13,16H2,1-3H3. The predicted molar refractivity (Wildman–Crippen MR) is 166 cm³/mol.